The van der Waals surface area contributed by atoms with Gasteiger partial charge in [0, 0.05) is 12.3 Å². The van der Waals surface area contributed by atoms with Gasteiger partial charge in [0.25, 0.3) is 0 Å². The number of benzene rings is 1. The number of nitriles is 2. The Morgan fingerprint density at radius 3 is 2.37 bits per heavy atom. The van der Waals surface area contributed by atoms with E-state index < -0.39 is 11.3 Å². The Bertz CT molecular complexity index is 520. The van der Waals surface area contributed by atoms with Crippen molar-refractivity contribution < 1.29 is 4.79 Å². The number of allylic oxidation sites excluding steroid dienone is 1. The minimum atomic E-state index is -1.24. The van der Waals surface area contributed by atoms with Crippen LogP contribution in [0.4, 0.5) is 0 Å². The second-order valence-electron chi connectivity index (χ2n) is 4.56. The molecule has 0 aromatic heterocycles. The molecule has 1 atom stereocenters. The van der Waals surface area contributed by atoms with Gasteiger partial charge < -0.3 is 4.79 Å². The Balaban J connectivity index is 3.31. The molecule has 19 heavy (non-hydrogen) atoms. The SMILES string of the molecule is C=CCC(C#N)(C#N)[C@H](CC(C)=O)c1ccccc1. The average Bonchev–Trinajstić information content (AvgIpc) is 2.43. The van der Waals surface area contributed by atoms with E-state index in [1.165, 1.54) is 6.92 Å². The first kappa shape index (κ1) is 14.7. The molecule has 0 fully saturated rings. The topological polar surface area (TPSA) is 64.7 Å². The van der Waals surface area contributed by atoms with Crippen molar-refractivity contribution in [3.8, 4) is 12.1 Å². The average molecular weight is 252 g/mol. The molecule has 0 aliphatic heterocycles. The third kappa shape index (κ3) is 3.30. The Morgan fingerprint density at radius 1 is 1.37 bits per heavy atom. The summed E-state index contributed by atoms with van der Waals surface area (Å²) in [5.41, 5.74) is -0.406. The lowest BCUT2D eigenvalue weighted by Gasteiger charge is -2.28. The van der Waals surface area contributed by atoms with Crippen molar-refractivity contribution >= 4 is 5.78 Å². The number of carbonyl (C=O) groups is 1. The first-order valence-corrected chi connectivity index (χ1v) is 6.07. The lowest BCUT2D eigenvalue weighted by molar-refractivity contribution is -0.117. The predicted octanol–water partition coefficient (Wildman–Crippen LogP) is 3.36. The summed E-state index contributed by atoms with van der Waals surface area (Å²) >= 11 is 0. The van der Waals surface area contributed by atoms with Crippen molar-refractivity contribution in [3.63, 3.8) is 0 Å². The van der Waals surface area contributed by atoms with Crippen LogP contribution in [-0.2, 0) is 4.79 Å². The smallest absolute Gasteiger partial charge is 0.154 e. The lowest BCUT2D eigenvalue weighted by atomic mass is 9.70. The van der Waals surface area contributed by atoms with Crippen LogP contribution in [0.25, 0.3) is 0 Å². The number of carbonyl (C=O) groups excluding carboxylic acids is 1. The van der Waals surface area contributed by atoms with Crippen molar-refractivity contribution in [2.45, 2.75) is 25.7 Å². The molecule has 3 heteroatoms. The summed E-state index contributed by atoms with van der Waals surface area (Å²) in [6, 6.07) is 13.4. The van der Waals surface area contributed by atoms with E-state index in [2.05, 4.69) is 18.7 Å². The molecule has 0 saturated heterocycles. The lowest BCUT2D eigenvalue weighted by Crippen LogP contribution is -2.27. The van der Waals surface area contributed by atoms with Gasteiger partial charge in [-0.25, -0.2) is 0 Å². The number of ketones is 1. The molecule has 0 unspecified atom stereocenters. The first-order valence-electron chi connectivity index (χ1n) is 6.07. The van der Waals surface area contributed by atoms with Gasteiger partial charge in [-0.3, -0.25) is 0 Å². The van der Waals surface area contributed by atoms with Crippen LogP contribution in [0.2, 0.25) is 0 Å². The summed E-state index contributed by atoms with van der Waals surface area (Å²) in [6.45, 7) is 5.09. The molecule has 0 radical (unpaired) electrons. The van der Waals surface area contributed by atoms with Gasteiger partial charge in [0.2, 0.25) is 0 Å². The van der Waals surface area contributed by atoms with Crippen molar-refractivity contribution in [1.29, 1.82) is 10.5 Å². The van der Waals surface area contributed by atoms with E-state index >= 15 is 0 Å². The minimum absolute atomic E-state index is 0.0345. The molecule has 0 amide bonds. The van der Waals surface area contributed by atoms with E-state index in [0.717, 1.165) is 5.56 Å². The van der Waals surface area contributed by atoms with Crippen LogP contribution in [0, 0.1) is 28.1 Å². The van der Waals surface area contributed by atoms with Gasteiger partial charge in [0.1, 0.15) is 5.78 Å². The monoisotopic (exact) mass is 252 g/mol. The molecular weight excluding hydrogens is 236 g/mol. The Labute approximate surface area is 113 Å². The van der Waals surface area contributed by atoms with E-state index in [1.54, 1.807) is 6.08 Å². The summed E-state index contributed by atoms with van der Waals surface area (Å²) in [5, 5.41) is 18.8. The molecular formula is C16H16N2O. The molecule has 0 aliphatic carbocycles. The van der Waals surface area contributed by atoms with E-state index in [1.807, 2.05) is 30.3 Å². The number of rotatable bonds is 6. The molecule has 0 N–H and O–H groups in total. The molecule has 1 aromatic rings. The van der Waals surface area contributed by atoms with Gasteiger partial charge in [-0.15, -0.1) is 6.58 Å². The van der Waals surface area contributed by atoms with Crippen molar-refractivity contribution in [3.05, 3.63) is 48.6 Å². The van der Waals surface area contributed by atoms with Crippen LogP contribution in [0.1, 0.15) is 31.2 Å². The number of hydrogen-bond donors (Lipinski definition) is 0. The van der Waals surface area contributed by atoms with E-state index in [0.29, 0.717) is 0 Å². The molecule has 3 nitrogen and oxygen atoms in total. The summed E-state index contributed by atoms with van der Waals surface area (Å²) in [7, 11) is 0. The molecule has 1 aromatic carbocycles. The van der Waals surface area contributed by atoms with Crippen LogP contribution in [0.15, 0.2) is 43.0 Å². The molecule has 0 spiro atoms. The second-order valence-corrected chi connectivity index (χ2v) is 4.56. The zero-order valence-electron chi connectivity index (χ0n) is 11.0. The molecule has 0 aliphatic rings. The number of nitrogens with zero attached hydrogens (tertiary/aromatic N) is 2. The largest absolute Gasteiger partial charge is 0.300 e. The molecule has 0 saturated carbocycles. The maximum Gasteiger partial charge on any atom is 0.154 e. The third-order valence-corrected chi connectivity index (χ3v) is 3.15. The summed E-state index contributed by atoms with van der Waals surface area (Å²) in [4.78, 5) is 11.5. The third-order valence-electron chi connectivity index (χ3n) is 3.15. The summed E-state index contributed by atoms with van der Waals surface area (Å²) in [5.74, 6) is -0.466. The fourth-order valence-electron chi connectivity index (χ4n) is 2.19. The normalized spacial score (nSPS) is 11.9. The van der Waals surface area contributed by atoms with Crippen LogP contribution in [0.5, 0.6) is 0 Å². The van der Waals surface area contributed by atoms with Gasteiger partial charge in [0.15, 0.2) is 5.41 Å². The Kier molecular flexibility index (Phi) is 5.03. The van der Waals surface area contributed by atoms with Gasteiger partial charge in [0.05, 0.1) is 12.1 Å². The zero-order chi connectivity index (χ0) is 14.3. The van der Waals surface area contributed by atoms with Crippen LogP contribution in [-0.4, -0.2) is 5.78 Å². The van der Waals surface area contributed by atoms with Gasteiger partial charge >= 0.3 is 0 Å². The molecule has 96 valence electrons. The predicted molar refractivity (Wildman–Crippen MR) is 73.0 cm³/mol. The second kappa shape index (κ2) is 6.52. The highest BCUT2D eigenvalue weighted by Crippen LogP contribution is 2.41. The number of Topliss-reactive ketones (excluding diaryl/α,β-unsaturated/α-hetero) is 1. The molecule has 0 heterocycles. The minimum Gasteiger partial charge on any atom is -0.300 e. The fourth-order valence-corrected chi connectivity index (χ4v) is 2.19. The van der Waals surface area contributed by atoms with Crippen LogP contribution in [0.3, 0.4) is 0 Å². The highest BCUT2D eigenvalue weighted by molar-refractivity contribution is 5.76. The summed E-state index contributed by atoms with van der Waals surface area (Å²) in [6.07, 6.45) is 1.98. The Hall–Kier alpha value is -2.39. The maximum absolute atomic E-state index is 11.5. The van der Waals surface area contributed by atoms with Gasteiger partial charge in [-0.2, -0.15) is 10.5 Å². The fraction of sp³-hybridized carbons (Fsp3) is 0.312. The van der Waals surface area contributed by atoms with E-state index in [-0.39, 0.29) is 18.6 Å². The standard InChI is InChI=1S/C16H16N2O/c1-3-9-16(11-17,12-18)15(10-13(2)19)14-7-5-4-6-8-14/h3-8,15H,1,9-10H2,2H3/t15-/m1/s1. The Morgan fingerprint density at radius 2 is 1.95 bits per heavy atom. The van der Waals surface area contributed by atoms with Crippen molar-refractivity contribution in [2.75, 3.05) is 0 Å². The summed E-state index contributed by atoms with van der Waals surface area (Å²) < 4.78 is 0. The first-order chi connectivity index (χ1) is 9.09. The van der Waals surface area contributed by atoms with E-state index in [4.69, 9.17) is 0 Å². The van der Waals surface area contributed by atoms with Crippen LogP contribution < -0.4 is 0 Å². The van der Waals surface area contributed by atoms with Crippen molar-refractivity contribution in [1.82, 2.24) is 0 Å². The maximum atomic E-state index is 11.5. The van der Waals surface area contributed by atoms with Gasteiger partial charge in [-0.1, -0.05) is 36.4 Å². The number of hydrogen-bond acceptors (Lipinski definition) is 3. The quantitative estimate of drug-likeness (QED) is 0.729. The molecule has 1 rings (SSSR count). The van der Waals surface area contributed by atoms with Crippen LogP contribution >= 0.6 is 0 Å². The zero-order valence-corrected chi connectivity index (χ0v) is 11.0. The highest BCUT2D eigenvalue weighted by Gasteiger charge is 2.40. The van der Waals surface area contributed by atoms with Crippen molar-refractivity contribution in [2.24, 2.45) is 5.41 Å². The molecule has 0 bridgehead atoms. The van der Waals surface area contributed by atoms with Gasteiger partial charge in [-0.05, 0) is 18.9 Å². The van der Waals surface area contributed by atoms with E-state index in [9.17, 15) is 15.3 Å². The highest BCUT2D eigenvalue weighted by atomic mass is 16.1.